The van der Waals surface area contributed by atoms with E-state index in [4.69, 9.17) is 9.47 Å². The molecule has 82 valence electrons. The quantitative estimate of drug-likeness (QED) is 0.532. The molecule has 1 fully saturated rings. The first-order chi connectivity index (χ1) is 7.62. The van der Waals surface area contributed by atoms with Gasteiger partial charge in [-0.3, -0.25) is 9.59 Å². The van der Waals surface area contributed by atoms with Gasteiger partial charge in [-0.15, -0.1) is 0 Å². The summed E-state index contributed by atoms with van der Waals surface area (Å²) in [5.74, 6) is 0.345. The van der Waals surface area contributed by atoms with Gasteiger partial charge in [0, 0.05) is 6.92 Å². The van der Waals surface area contributed by atoms with Crippen LogP contribution in [0.15, 0.2) is 18.2 Å². The van der Waals surface area contributed by atoms with Gasteiger partial charge in [0.2, 0.25) is 5.78 Å². The first-order valence-corrected chi connectivity index (χ1v) is 5.18. The average Bonchev–Trinajstić information content (AvgIpc) is 2.91. The van der Waals surface area contributed by atoms with Crippen molar-refractivity contribution in [3.05, 3.63) is 23.8 Å². The summed E-state index contributed by atoms with van der Waals surface area (Å²) in [6.07, 6.45) is 1.50. The molecule has 4 nitrogen and oxygen atoms in total. The predicted molar refractivity (Wildman–Crippen MR) is 54.7 cm³/mol. The summed E-state index contributed by atoms with van der Waals surface area (Å²) >= 11 is 0. The van der Waals surface area contributed by atoms with Gasteiger partial charge in [0.1, 0.15) is 17.1 Å². The van der Waals surface area contributed by atoms with Gasteiger partial charge in [-0.1, -0.05) is 6.07 Å². The summed E-state index contributed by atoms with van der Waals surface area (Å²) in [5, 5.41) is 0. The normalized spacial score (nSPS) is 19.2. The molecule has 0 aromatic heterocycles. The topological polar surface area (TPSA) is 52.6 Å². The van der Waals surface area contributed by atoms with E-state index < -0.39 is 11.6 Å². The van der Waals surface area contributed by atoms with Crippen molar-refractivity contribution in [2.45, 2.75) is 25.4 Å². The van der Waals surface area contributed by atoms with Crippen LogP contribution in [-0.2, 0) is 4.79 Å². The number of ether oxygens (including phenoxy) is 2. The van der Waals surface area contributed by atoms with Gasteiger partial charge >= 0.3 is 5.97 Å². The molecule has 16 heavy (non-hydrogen) atoms. The Hall–Kier alpha value is -1.84. The first-order valence-electron chi connectivity index (χ1n) is 5.18. The fourth-order valence-corrected chi connectivity index (χ4v) is 1.99. The summed E-state index contributed by atoms with van der Waals surface area (Å²) in [7, 11) is 0. The van der Waals surface area contributed by atoms with Crippen LogP contribution in [-0.4, -0.2) is 17.4 Å². The van der Waals surface area contributed by atoms with Gasteiger partial charge in [-0.25, -0.2) is 0 Å². The number of esters is 1. The van der Waals surface area contributed by atoms with Crippen molar-refractivity contribution < 1.29 is 19.1 Å². The van der Waals surface area contributed by atoms with Crippen molar-refractivity contribution in [1.29, 1.82) is 0 Å². The smallest absolute Gasteiger partial charge is 0.308 e. The second kappa shape index (κ2) is 2.84. The summed E-state index contributed by atoms with van der Waals surface area (Å²) in [4.78, 5) is 23.0. The van der Waals surface area contributed by atoms with Crippen LogP contribution in [0, 0.1) is 0 Å². The fraction of sp³-hybridized carbons (Fsp3) is 0.333. The Kier molecular flexibility index (Phi) is 1.67. The maximum absolute atomic E-state index is 12.1. The highest BCUT2D eigenvalue weighted by Crippen LogP contribution is 2.51. The van der Waals surface area contributed by atoms with Crippen molar-refractivity contribution in [1.82, 2.24) is 0 Å². The summed E-state index contributed by atoms with van der Waals surface area (Å²) in [5.41, 5.74) is -0.228. The molecule has 0 amide bonds. The van der Waals surface area contributed by atoms with Gasteiger partial charge in [0.25, 0.3) is 0 Å². The zero-order valence-corrected chi connectivity index (χ0v) is 8.78. The second-order valence-corrected chi connectivity index (χ2v) is 4.15. The Morgan fingerprint density at radius 2 is 2.19 bits per heavy atom. The van der Waals surface area contributed by atoms with E-state index >= 15 is 0 Å². The summed E-state index contributed by atoms with van der Waals surface area (Å²) in [6.45, 7) is 1.31. The first kappa shape index (κ1) is 9.39. The lowest BCUT2D eigenvalue weighted by molar-refractivity contribution is -0.131. The molecule has 1 aromatic rings. The second-order valence-electron chi connectivity index (χ2n) is 4.15. The number of ketones is 1. The van der Waals surface area contributed by atoms with Crippen molar-refractivity contribution >= 4 is 11.8 Å². The van der Waals surface area contributed by atoms with Crippen molar-refractivity contribution in [3.63, 3.8) is 0 Å². The monoisotopic (exact) mass is 218 g/mol. The van der Waals surface area contributed by atoms with E-state index in [0.29, 0.717) is 17.1 Å². The van der Waals surface area contributed by atoms with Crippen LogP contribution in [0.1, 0.15) is 30.1 Å². The third-order valence-electron chi connectivity index (χ3n) is 2.89. The van der Waals surface area contributed by atoms with Gasteiger partial charge in [0.15, 0.2) is 5.60 Å². The van der Waals surface area contributed by atoms with Gasteiger partial charge in [0.05, 0.1) is 0 Å². The molecule has 1 aliphatic carbocycles. The van der Waals surface area contributed by atoms with Crippen LogP contribution in [0.25, 0.3) is 0 Å². The van der Waals surface area contributed by atoms with E-state index in [1.165, 1.54) is 6.92 Å². The largest absolute Gasteiger partial charge is 0.478 e. The van der Waals surface area contributed by atoms with E-state index in [1.807, 2.05) is 0 Å². The molecule has 2 aliphatic rings. The third-order valence-corrected chi connectivity index (χ3v) is 2.89. The zero-order valence-electron chi connectivity index (χ0n) is 8.78. The molecule has 0 bridgehead atoms. The lowest BCUT2D eigenvalue weighted by Gasteiger charge is -2.04. The van der Waals surface area contributed by atoms with E-state index in [0.717, 1.165) is 12.8 Å². The van der Waals surface area contributed by atoms with E-state index in [9.17, 15) is 9.59 Å². The van der Waals surface area contributed by atoms with Gasteiger partial charge in [-0.05, 0) is 25.0 Å². The third kappa shape index (κ3) is 1.16. The molecule has 1 aliphatic heterocycles. The highest BCUT2D eigenvalue weighted by Gasteiger charge is 2.58. The predicted octanol–water partition coefficient (Wildman–Crippen LogP) is 1.72. The lowest BCUT2D eigenvalue weighted by Crippen LogP contribution is -2.22. The summed E-state index contributed by atoms with van der Waals surface area (Å²) in [6, 6.07) is 5.06. The van der Waals surface area contributed by atoms with Crippen LogP contribution >= 0.6 is 0 Å². The number of carbonyl (C=O) groups excluding carboxylic acids is 2. The molecule has 1 saturated carbocycles. The number of carbonyl (C=O) groups is 2. The molecule has 4 heteroatoms. The zero-order chi connectivity index (χ0) is 11.3. The molecule has 1 spiro atoms. The highest BCUT2D eigenvalue weighted by atomic mass is 16.5. The van der Waals surface area contributed by atoms with Crippen LogP contribution in [0.5, 0.6) is 11.5 Å². The molecule has 1 heterocycles. The summed E-state index contributed by atoms with van der Waals surface area (Å²) < 4.78 is 10.6. The Labute approximate surface area is 92.2 Å². The number of fused-ring (bicyclic) bond motifs is 1. The van der Waals surface area contributed by atoms with Crippen LogP contribution in [0.4, 0.5) is 0 Å². The van der Waals surface area contributed by atoms with Crippen molar-refractivity contribution in [3.8, 4) is 11.5 Å². The maximum atomic E-state index is 12.1. The van der Waals surface area contributed by atoms with Crippen LogP contribution < -0.4 is 9.47 Å². The molecule has 0 atom stereocenters. The maximum Gasteiger partial charge on any atom is 0.308 e. The van der Waals surface area contributed by atoms with Crippen molar-refractivity contribution in [2.75, 3.05) is 0 Å². The minimum atomic E-state index is -0.640. The molecule has 1 aromatic carbocycles. The Morgan fingerprint density at radius 3 is 2.81 bits per heavy atom. The van der Waals surface area contributed by atoms with Crippen LogP contribution in [0.3, 0.4) is 0 Å². The highest BCUT2D eigenvalue weighted by molar-refractivity contribution is 6.11. The molecule has 0 saturated heterocycles. The van der Waals surface area contributed by atoms with E-state index in [-0.39, 0.29) is 5.78 Å². The number of hydrogen-bond donors (Lipinski definition) is 0. The lowest BCUT2D eigenvalue weighted by atomic mass is 10.1. The number of rotatable bonds is 1. The molecule has 0 radical (unpaired) electrons. The molecule has 0 unspecified atom stereocenters. The molecule has 3 rings (SSSR count). The standard InChI is InChI=1S/C12H10O4/c1-7(13)15-8-3-2-4-9-10(8)11(14)12(16-9)5-6-12/h2-4H,5-6H2,1H3. The Bertz CT molecular complexity index is 500. The van der Waals surface area contributed by atoms with E-state index in [1.54, 1.807) is 18.2 Å². The SMILES string of the molecule is CC(=O)Oc1cccc2c1C(=O)C1(CC1)O2. The minimum Gasteiger partial charge on any atom is -0.478 e. The van der Waals surface area contributed by atoms with Gasteiger partial charge in [-0.2, -0.15) is 0 Å². The number of Topliss-reactive ketones (excluding diaryl/α,β-unsaturated/α-hetero) is 1. The molecular weight excluding hydrogens is 208 g/mol. The Morgan fingerprint density at radius 1 is 1.44 bits per heavy atom. The van der Waals surface area contributed by atoms with Gasteiger partial charge < -0.3 is 9.47 Å². The number of hydrogen-bond acceptors (Lipinski definition) is 4. The average molecular weight is 218 g/mol. The Balaban J connectivity index is 2.08. The molecule has 0 N–H and O–H groups in total. The minimum absolute atomic E-state index is 0.0562. The number of benzene rings is 1. The van der Waals surface area contributed by atoms with Crippen molar-refractivity contribution in [2.24, 2.45) is 0 Å². The van der Waals surface area contributed by atoms with Crippen LogP contribution in [0.2, 0.25) is 0 Å². The van der Waals surface area contributed by atoms with E-state index in [2.05, 4.69) is 0 Å². The molecular formula is C12H10O4. The fourth-order valence-electron chi connectivity index (χ4n) is 1.99.